The Morgan fingerprint density at radius 2 is 2.00 bits per heavy atom. The maximum atomic E-state index is 13.4. The molecule has 1 heterocycles. The minimum Gasteiger partial charge on any atom is -0.508 e. The van der Waals surface area contributed by atoms with E-state index in [9.17, 15) is 14.0 Å². The number of carbonyl (C=O) groups is 2. The zero-order valence-electron chi connectivity index (χ0n) is 10.4. The number of rotatable bonds is 3. The van der Waals surface area contributed by atoms with Gasteiger partial charge in [-0.2, -0.15) is 0 Å². The van der Waals surface area contributed by atoms with Crippen molar-refractivity contribution in [3.63, 3.8) is 0 Å². The summed E-state index contributed by atoms with van der Waals surface area (Å²) in [6, 6.07) is 3.26. The summed E-state index contributed by atoms with van der Waals surface area (Å²) in [5.74, 6) is -1.89. The minimum absolute atomic E-state index is 0.140. The summed E-state index contributed by atoms with van der Waals surface area (Å²) >= 11 is 0. The third-order valence-corrected chi connectivity index (χ3v) is 3.06. The number of benzene rings is 1. The van der Waals surface area contributed by atoms with Crippen molar-refractivity contribution in [1.29, 1.82) is 0 Å². The predicted molar refractivity (Wildman–Crippen MR) is 66.2 cm³/mol. The number of hydrogen-bond donors (Lipinski definition) is 2. The van der Waals surface area contributed by atoms with Crippen molar-refractivity contribution in [1.82, 2.24) is 10.2 Å². The number of phenolic OH excluding ortho intramolecular Hbond substituents is 1. The van der Waals surface area contributed by atoms with Crippen LogP contribution < -0.4 is 5.32 Å². The van der Waals surface area contributed by atoms with Gasteiger partial charge in [0.15, 0.2) is 0 Å². The highest BCUT2D eigenvalue weighted by Crippen LogP contribution is 2.14. The first-order chi connectivity index (χ1) is 9.08. The van der Waals surface area contributed by atoms with Crippen LogP contribution in [0.1, 0.15) is 23.2 Å². The molecule has 0 saturated carbocycles. The summed E-state index contributed by atoms with van der Waals surface area (Å²) in [6.45, 7) is 1.28. The van der Waals surface area contributed by atoms with Crippen LogP contribution in [0.5, 0.6) is 5.75 Å². The summed E-state index contributed by atoms with van der Waals surface area (Å²) in [5, 5.41) is 11.4. The van der Waals surface area contributed by atoms with Gasteiger partial charge in [-0.15, -0.1) is 0 Å². The molecule has 0 atom stereocenters. The summed E-state index contributed by atoms with van der Waals surface area (Å²) in [7, 11) is 0. The molecule has 0 radical (unpaired) electrons. The predicted octanol–water partition coefficient (Wildman–Crippen LogP) is 0.883. The molecule has 0 bridgehead atoms. The number of aromatic hydroxyl groups is 1. The van der Waals surface area contributed by atoms with Gasteiger partial charge in [-0.1, -0.05) is 0 Å². The molecule has 1 saturated heterocycles. The van der Waals surface area contributed by atoms with Gasteiger partial charge in [-0.05, 0) is 25.0 Å². The Bertz CT molecular complexity index is 499. The van der Waals surface area contributed by atoms with Crippen molar-refractivity contribution < 1.29 is 19.1 Å². The second-order valence-corrected chi connectivity index (χ2v) is 4.43. The molecule has 0 unspecified atom stereocenters. The maximum Gasteiger partial charge on any atom is 0.254 e. The first kappa shape index (κ1) is 13.3. The molecule has 2 rings (SSSR count). The lowest BCUT2D eigenvalue weighted by atomic mass is 10.2. The van der Waals surface area contributed by atoms with Crippen molar-refractivity contribution in [3.05, 3.63) is 29.6 Å². The molecule has 6 heteroatoms. The summed E-state index contributed by atoms with van der Waals surface area (Å²) in [6.07, 6.45) is 1.96. The van der Waals surface area contributed by atoms with Gasteiger partial charge in [0.1, 0.15) is 11.6 Å². The fourth-order valence-corrected chi connectivity index (χ4v) is 2.02. The van der Waals surface area contributed by atoms with E-state index in [-0.39, 0.29) is 23.8 Å². The highest BCUT2D eigenvalue weighted by molar-refractivity contribution is 5.96. The highest BCUT2D eigenvalue weighted by atomic mass is 19.1. The van der Waals surface area contributed by atoms with E-state index in [1.807, 2.05) is 0 Å². The molecule has 0 aromatic heterocycles. The number of phenols is 1. The Kier molecular flexibility index (Phi) is 3.99. The van der Waals surface area contributed by atoms with Crippen molar-refractivity contribution in [2.24, 2.45) is 0 Å². The number of likely N-dealkylation sites (tertiary alicyclic amines) is 1. The summed E-state index contributed by atoms with van der Waals surface area (Å²) in [4.78, 5) is 25.1. The van der Waals surface area contributed by atoms with Gasteiger partial charge in [-0.3, -0.25) is 9.59 Å². The van der Waals surface area contributed by atoms with Crippen LogP contribution >= 0.6 is 0 Å². The topological polar surface area (TPSA) is 69.6 Å². The quantitative estimate of drug-likeness (QED) is 0.853. The van der Waals surface area contributed by atoms with Crippen molar-refractivity contribution >= 4 is 11.8 Å². The van der Waals surface area contributed by atoms with E-state index in [1.54, 1.807) is 4.90 Å². The average Bonchev–Trinajstić information content (AvgIpc) is 2.89. The number of hydrogen-bond acceptors (Lipinski definition) is 3. The van der Waals surface area contributed by atoms with Gasteiger partial charge >= 0.3 is 0 Å². The van der Waals surface area contributed by atoms with E-state index in [0.717, 1.165) is 18.9 Å². The number of carbonyl (C=O) groups excluding carboxylic acids is 2. The Morgan fingerprint density at radius 3 is 2.63 bits per heavy atom. The number of halogens is 1. The Hall–Kier alpha value is -2.11. The Balaban J connectivity index is 1.92. The highest BCUT2D eigenvalue weighted by Gasteiger charge is 2.19. The van der Waals surface area contributed by atoms with Crippen LogP contribution in [0.25, 0.3) is 0 Å². The lowest BCUT2D eigenvalue weighted by molar-refractivity contribution is -0.129. The Labute approximate surface area is 110 Å². The lowest BCUT2D eigenvalue weighted by Crippen LogP contribution is -2.38. The molecule has 0 spiro atoms. The molecule has 19 heavy (non-hydrogen) atoms. The van der Waals surface area contributed by atoms with Gasteiger partial charge < -0.3 is 15.3 Å². The van der Waals surface area contributed by atoms with E-state index >= 15 is 0 Å². The minimum atomic E-state index is -0.814. The molecule has 1 aromatic carbocycles. The standard InChI is InChI=1S/C13H15FN2O3/c14-11-7-9(17)3-4-10(11)13(19)15-8-12(18)16-5-1-2-6-16/h3-4,7,17H,1-2,5-6,8H2,(H,15,19). The van der Waals surface area contributed by atoms with Crippen LogP contribution in [0, 0.1) is 5.82 Å². The van der Waals surface area contributed by atoms with E-state index < -0.39 is 11.7 Å². The van der Waals surface area contributed by atoms with Crippen LogP contribution in [-0.4, -0.2) is 41.5 Å². The zero-order valence-corrected chi connectivity index (χ0v) is 10.4. The van der Waals surface area contributed by atoms with E-state index in [0.29, 0.717) is 13.1 Å². The normalized spacial score (nSPS) is 14.5. The smallest absolute Gasteiger partial charge is 0.254 e. The molecule has 1 aliphatic rings. The molecular formula is C13H15FN2O3. The fourth-order valence-electron chi connectivity index (χ4n) is 2.02. The molecular weight excluding hydrogens is 251 g/mol. The SMILES string of the molecule is O=C(NCC(=O)N1CCCC1)c1ccc(O)cc1F. The molecule has 102 valence electrons. The van der Waals surface area contributed by atoms with Gasteiger partial charge in [0.25, 0.3) is 5.91 Å². The van der Waals surface area contributed by atoms with Crippen molar-refractivity contribution in [3.8, 4) is 5.75 Å². The molecule has 1 aliphatic heterocycles. The molecule has 5 nitrogen and oxygen atoms in total. The molecule has 1 fully saturated rings. The second-order valence-electron chi connectivity index (χ2n) is 4.43. The lowest BCUT2D eigenvalue weighted by Gasteiger charge is -2.15. The average molecular weight is 266 g/mol. The van der Waals surface area contributed by atoms with Gasteiger partial charge in [-0.25, -0.2) is 4.39 Å². The fraction of sp³-hybridized carbons (Fsp3) is 0.385. The van der Waals surface area contributed by atoms with Crippen molar-refractivity contribution in [2.45, 2.75) is 12.8 Å². The van der Waals surface area contributed by atoms with E-state index in [1.165, 1.54) is 12.1 Å². The van der Waals surface area contributed by atoms with Crippen LogP contribution in [0.15, 0.2) is 18.2 Å². The van der Waals surface area contributed by atoms with Crippen LogP contribution in [-0.2, 0) is 4.79 Å². The molecule has 0 aliphatic carbocycles. The van der Waals surface area contributed by atoms with Crippen LogP contribution in [0.3, 0.4) is 0 Å². The number of amides is 2. The van der Waals surface area contributed by atoms with Crippen LogP contribution in [0.2, 0.25) is 0 Å². The zero-order chi connectivity index (χ0) is 13.8. The third kappa shape index (κ3) is 3.21. The first-order valence-corrected chi connectivity index (χ1v) is 6.12. The first-order valence-electron chi connectivity index (χ1n) is 6.12. The summed E-state index contributed by atoms with van der Waals surface area (Å²) < 4.78 is 13.4. The van der Waals surface area contributed by atoms with E-state index in [2.05, 4.69) is 5.32 Å². The van der Waals surface area contributed by atoms with Gasteiger partial charge in [0, 0.05) is 19.2 Å². The maximum absolute atomic E-state index is 13.4. The molecule has 1 aromatic rings. The second kappa shape index (κ2) is 5.69. The van der Waals surface area contributed by atoms with Gasteiger partial charge in [0.2, 0.25) is 5.91 Å². The third-order valence-electron chi connectivity index (χ3n) is 3.06. The molecule has 2 amide bonds. The molecule has 2 N–H and O–H groups in total. The monoisotopic (exact) mass is 266 g/mol. The van der Waals surface area contributed by atoms with Crippen molar-refractivity contribution in [2.75, 3.05) is 19.6 Å². The van der Waals surface area contributed by atoms with Crippen LogP contribution in [0.4, 0.5) is 4.39 Å². The largest absolute Gasteiger partial charge is 0.508 e. The van der Waals surface area contributed by atoms with Gasteiger partial charge in [0.05, 0.1) is 12.1 Å². The number of nitrogens with zero attached hydrogens (tertiary/aromatic N) is 1. The van der Waals surface area contributed by atoms with E-state index in [4.69, 9.17) is 5.11 Å². The number of nitrogens with one attached hydrogen (secondary N) is 1. The Morgan fingerprint density at radius 1 is 1.32 bits per heavy atom. The summed E-state index contributed by atoms with van der Waals surface area (Å²) in [5.41, 5.74) is -0.188.